The number of aromatic nitrogens is 1. The van der Waals surface area contributed by atoms with Crippen molar-refractivity contribution in [2.75, 3.05) is 0 Å². The second-order valence-electron chi connectivity index (χ2n) is 5.80. The monoisotopic (exact) mass is 342 g/mol. The Kier molecular flexibility index (Phi) is 3.46. The van der Waals surface area contributed by atoms with Crippen molar-refractivity contribution in [3.63, 3.8) is 0 Å². The summed E-state index contributed by atoms with van der Waals surface area (Å²) in [6.07, 6.45) is 1.68. The molecule has 0 spiro atoms. The predicted molar refractivity (Wildman–Crippen MR) is 87.1 cm³/mol. The van der Waals surface area contributed by atoms with Crippen LogP contribution >= 0.6 is 0 Å². The molecule has 0 aliphatic carbocycles. The van der Waals surface area contributed by atoms with Crippen LogP contribution in [0.1, 0.15) is 5.56 Å². The minimum atomic E-state index is -1.80. The molecule has 0 fully saturated rings. The van der Waals surface area contributed by atoms with Gasteiger partial charge in [-0.1, -0.05) is 18.2 Å². The van der Waals surface area contributed by atoms with Gasteiger partial charge in [0.15, 0.2) is 29.5 Å². The van der Waals surface area contributed by atoms with Gasteiger partial charge < -0.3 is 0 Å². The lowest BCUT2D eigenvalue weighted by molar-refractivity contribution is -0.498. The molecule has 0 saturated carbocycles. The second kappa shape index (κ2) is 5.55. The fraction of sp³-hybridized carbons (Fsp3) is 0.0500. The third-order valence-electron chi connectivity index (χ3n) is 4.40. The highest BCUT2D eigenvalue weighted by molar-refractivity contribution is 5.99. The van der Waals surface area contributed by atoms with Gasteiger partial charge in [-0.25, -0.2) is 17.6 Å². The second-order valence-corrected chi connectivity index (χ2v) is 5.80. The average molecular weight is 342 g/mol. The van der Waals surface area contributed by atoms with Gasteiger partial charge in [-0.05, 0) is 25.1 Å². The van der Waals surface area contributed by atoms with E-state index >= 15 is 0 Å². The molecule has 0 radical (unpaired) electrons. The van der Waals surface area contributed by atoms with Crippen LogP contribution in [-0.2, 0) is 0 Å². The molecule has 0 aliphatic heterocycles. The van der Waals surface area contributed by atoms with Crippen molar-refractivity contribution in [3.8, 4) is 11.3 Å². The van der Waals surface area contributed by atoms with Crippen molar-refractivity contribution in [1.82, 2.24) is 0 Å². The first kappa shape index (κ1) is 15.6. The molecule has 2 aromatic carbocycles. The third-order valence-corrected chi connectivity index (χ3v) is 4.40. The first-order chi connectivity index (χ1) is 12.0. The Bertz CT molecular complexity index is 1140. The van der Waals surface area contributed by atoms with Crippen LogP contribution in [0.2, 0.25) is 0 Å². The summed E-state index contributed by atoms with van der Waals surface area (Å²) in [5, 5.41) is -0.518. The Balaban J connectivity index is 2.34. The molecule has 0 N–H and O–H groups in total. The van der Waals surface area contributed by atoms with Gasteiger partial charge in [0.25, 0.3) is 0 Å². The molecule has 0 unspecified atom stereocenters. The predicted octanol–water partition coefficient (Wildman–Crippen LogP) is 5.11. The van der Waals surface area contributed by atoms with Crippen LogP contribution in [-0.4, -0.2) is 0 Å². The molecular formula is C20H12F4N+. The maximum atomic E-state index is 14.5. The summed E-state index contributed by atoms with van der Waals surface area (Å²) in [5.41, 5.74) is 1.94. The highest BCUT2D eigenvalue weighted by Crippen LogP contribution is 2.34. The third kappa shape index (κ3) is 2.12. The lowest BCUT2D eigenvalue weighted by Crippen LogP contribution is -2.27. The van der Waals surface area contributed by atoms with Crippen molar-refractivity contribution in [3.05, 3.63) is 83.6 Å². The molecule has 124 valence electrons. The Morgan fingerprint density at radius 1 is 0.680 bits per heavy atom. The molecule has 0 bridgehead atoms. The molecular weight excluding hydrogens is 330 g/mol. The molecule has 2 heterocycles. The van der Waals surface area contributed by atoms with E-state index in [1.165, 1.54) is 0 Å². The minimum Gasteiger partial charge on any atom is -0.203 e. The number of halogens is 4. The normalized spacial score (nSPS) is 11.4. The molecule has 2 aromatic heterocycles. The summed E-state index contributed by atoms with van der Waals surface area (Å²) in [4.78, 5) is 0. The zero-order valence-corrected chi connectivity index (χ0v) is 13.2. The number of rotatable bonds is 1. The number of benzene rings is 2. The molecule has 1 nitrogen and oxygen atoms in total. The Morgan fingerprint density at radius 3 is 1.96 bits per heavy atom. The highest BCUT2D eigenvalue weighted by Gasteiger charge is 2.29. The average Bonchev–Trinajstić information content (AvgIpc) is 2.64. The van der Waals surface area contributed by atoms with E-state index in [1.54, 1.807) is 35.7 Å². The summed E-state index contributed by atoms with van der Waals surface area (Å²) < 4.78 is 58.3. The number of aryl methyl sites for hydroxylation is 1. The summed E-state index contributed by atoms with van der Waals surface area (Å²) >= 11 is 0. The van der Waals surface area contributed by atoms with Crippen LogP contribution in [0.25, 0.3) is 27.5 Å². The zero-order valence-electron chi connectivity index (χ0n) is 13.2. The molecule has 0 aliphatic rings. The van der Waals surface area contributed by atoms with Gasteiger partial charge in [0, 0.05) is 28.6 Å². The molecule has 0 saturated heterocycles. The molecule has 0 atom stereocenters. The van der Waals surface area contributed by atoms with E-state index in [1.807, 2.05) is 30.3 Å². The van der Waals surface area contributed by atoms with Crippen LogP contribution < -0.4 is 4.40 Å². The zero-order chi connectivity index (χ0) is 17.7. The van der Waals surface area contributed by atoms with Crippen molar-refractivity contribution < 1.29 is 22.0 Å². The Hall–Kier alpha value is -2.95. The number of fused-ring (bicyclic) bond motifs is 3. The van der Waals surface area contributed by atoms with Gasteiger partial charge in [0.05, 0.1) is 5.39 Å². The maximum Gasteiger partial charge on any atom is 0.222 e. The van der Waals surface area contributed by atoms with E-state index in [0.29, 0.717) is 11.3 Å². The van der Waals surface area contributed by atoms with Crippen LogP contribution in [0.5, 0.6) is 0 Å². The first-order valence-corrected chi connectivity index (χ1v) is 7.66. The highest BCUT2D eigenvalue weighted by atomic mass is 19.2. The Labute approximate surface area is 140 Å². The van der Waals surface area contributed by atoms with Crippen molar-refractivity contribution >= 4 is 16.3 Å². The number of nitrogens with zero attached hydrogens (tertiary/aromatic N) is 1. The van der Waals surface area contributed by atoms with Gasteiger partial charge in [-0.3, -0.25) is 0 Å². The topological polar surface area (TPSA) is 4.10 Å². The molecule has 25 heavy (non-hydrogen) atoms. The number of pyridine rings is 2. The molecule has 5 heteroatoms. The largest absolute Gasteiger partial charge is 0.222 e. The molecule has 0 amide bonds. The van der Waals surface area contributed by atoms with Crippen LogP contribution in [0.3, 0.4) is 0 Å². The lowest BCUT2D eigenvalue weighted by atomic mass is 9.97. The van der Waals surface area contributed by atoms with Crippen molar-refractivity contribution in [2.24, 2.45) is 0 Å². The maximum absolute atomic E-state index is 14.5. The van der Waals surface area contributed by atoms with Gasteiger partial charge in [0.1, 0.15) is 0 Å². The van der Waals surface area contributed by atoms with Crippen molar-refractivity contribution in [2.45, 2.75) is 6.92 Å². The van der Waals surface area contributed by atoms with E-state index in [2.05, 4.69) is 0 Å². The fourth-order valence-corrected chi connectivity index (χ4v) is 3.32. The fourth-order valence-electron chi connectivity index (χ4n) is 3.32. The van der Waals surface area contributed by atoms with Gasteiger partial charge in [-0.2, -0.15) is 4.40 Å². The first-order valence-electron chi connectivity index (χ1n) is 7.66. The van der Waals surface area contributed by atoms with E-state index in [-0.39, 0.29) is 16.3 Å². The van der Waals surface area contributed by atoms with E-state index < -0.39 is 23.3 Å². The molecule has 4 aromatic rings. The van der Waals surface area contributed by atoms with Gasteiger partial charge >= 0.3 is 0 Å². The van der Waals surface area contributed by atoms with E-state index in [9.17, 15) is 17.6 Å². The van der Waals surface area contributed by atoms with E-state index in [0.717, 1.165) is 5.56 Å². The smallest absolute Gasteiger partial charge is 0.203 e. The SMILES string of the molecule is Cc1c(-c2ccccc2)[n+]2ccccc2c2c(F)c(F)c(F)c(F)c12. The summed E-state index contributed by atoms with van der Waals surface area (Å²) in [6, 6.07) is 14.0. The minimum absolute atomic E-state index is 0.249. The summed E-state index contributed by atoms with van der Waals surface area (Å²) in [5.74, 6) is -6.37. The standard InChI is InChI=1S/C20H12F4N/c1-11-14-15(17(22)19(24)18(23)16(14)21)13-9-5-6-10-25(13)20(11)12-7-3-2-4-8-12/h2-10H,1H3/q+1. The number of hydrogen-bond acceptors (Lipinski definition) is 0. The van der Waals surface area contributed by atoms with Gasteiger partial charge in [-0.15, -0.1) is 0 Å². The number of hydrogen-bond donors (Lipinski definition) is 0. The Morgan fingerprint density at radius 2 is 1.28 bits per heavy atom. The van der Waals surface area contributed by atoms with E-state index in [4.69, 9.17) is 0 Å². The lowest BCUT2D eigenvalue weighted by Gasteiger charge is -2.11. The van der Waals surface area contributed by atoms with Crippen LogP contribution in [0.15, 0.2) is 54.7 Å². The van der Waals surface area contributed by atoms with Crippen LogP contribution in [0.4, 0.5) is 17.6 Å². The van der Waals surface area contributed by atoms with Crippen LogP contribution in [0, 0.1) is 30.2 Å². The summed E-state index contributed by atoms with van der Waals surface area (Å²) in [6.45, 7) is 1.57. The summed E-state index contributed by atoms with van der Waals surface area (Å²) in [7, 11) is 0. The molecule has 4 rings (SSSR count). The van der Waals surface area contributed by atoms with Crippen molar-refractivity contribution in [1.29, 1.82) is 0 Å². The van der Waals surface area contributed by atoms with Gasteiger partial charge in [0.2, 0.25) is 11.2 Å². The quantitative estimate of drug-likeness (QED) is 0.149.